The van der Waals surface area contributed by atoms with Gasteiger partial charge in [0.2, 0.25) is 0 Å². The number of aromatic nitrogens is 2. The van der Waals surface area contributed by atoms with E-state index in [1.54, 1.807) is 0 Å². The van der Waals surface area contributed by atoms with Gasteiger partial charge >= 0.3 is 0 Å². The summed E-state index contributed by atoms with van der Waals surface area (Å²) in [5.74, 6) is 2.18. The van der Waals surface area contributed by atoms with Crippen molar-refractivity contribution in [2.45, 2.75) is 37.8 Å². The Balaban J connectivity index is 0.000000181. The van der Waals surface area contributed by atoms with E-state index >= 15 is 0 Å². The Kier molecular flexibility index (Phi) is 9.77. The van der Waals surface area contributed by atoms with Gasteiger partial charge in [-0.3, -0.25) is 0 Å². The smallest absolute Gasteiger partial charge is 0.129 e. The van der Waals surface area contributed by atoms with E-state index in [0.29, 0.717) is 0 Å². The van der Waals surface area contributed by atoms with Crippen LogP contribution < -0.4 is 9.80 Å². The van der Waals surface area contributed by atoms with Crippen LogP contribution in [0, 0.1) is 0 Å². The Hall–Kier alpha value is -1.22. The molecule has 4 rings (SSSR count). The lowest BCUT2D eigenvalue weighted by molar-refractivity contribution is 0.249. The summed E-state index contributed by atoms with van der Waals surface area (Å²) in [6.45, 7) is 4.41. The first-order chi connectivity index (χ1) is 15.3. The van der Waals surface area contributed by atoms with Crippen LogP contribution in [0.25, 0.3) is 0 Å². The van der Waals surface area contributed by atoms with Crippen LogP contribution in [-0.2, 0) is 0 Å². The third-order valence-corrected chi connectivity index (χ3v) is 7.44. The second-order valence-electron chi connectivity index (χ2n) is 9.03. The SMILES string of the molecule is CN(C)C1CCN(c2cc(Br)ccn2)CC1.CN(C)C1CCN(c2cc(Br)ccn2)CC1. The molecule has 0 bridgehead atoms. The van der Waals surface area contributed by atoms with Crippen molar-refractivity contribution in [2.75, 3.05) is 64.2 Å². The molecule has 0 saturated carbocycles. The quantitative estimate of drug-likeness (QED) is 0.531. The van der Waals surface area contributed by atoms with E-state index in [1.165, 1.54) is 25.7 Å². The Morgan fingerprint density at radius 2 is 1.03 bits per heavy atom. The molecule has 2 aromatic rings. The summed E-state index contributed by atoms with van der Waals surface area (Å²) in [5, 5.41) is 0. The highest BCUT2D eigenvalue weighted by molar-refractivity contribution is 9.10. The van der Waals surface area contributed by atoms with Crippen molar-refractivity contribution in [3.8, 4) is 0 Å². The van der Waals surface area contributed by atoms with Gasteiger partial charge in [-0.15, -0.1) is 0 Å². The molecule has 6 nitrogen and oxygen atoms in total. The molecule has 2 aliphatic rings. The third kappa shape index (κ3) is 7.40. The first-order valence-electron chi connectivity index (χ1n) is 11.4. The number of nitrogens with zero attached hydrogens (tertiary/aromatic N) is 6. The predicted octanol–water partition coefficient (Wildman–Crippen LogP) is 4.75. The number of hydrogen-bond acceptors (Lipinski definition) is 6. The maximum atomic E-state index is 4.42. The minimum Gasteiger partial charge on any atom is -0.356 e. The van der Waals surface area contributed by atoms with Crippen LogP contribution in [0.2, 0.25) is 0 Å². The summed E-state index contributed by atoms with van der Waals surface area (Å²) in [4.78, 5) is 18.2. The fourth-order valence-electron chi connectivity index (χ4n) is 4.36. The van der Waals surface area contributed by atoms with Crippen molar-refractivity contribution < 1.29 is 0 Å². The van der Waals surface area contributed by atoms with E-state index in [1.807, 2.05) is 24.5 Å². The zero-order valence-electron chi connectivity index (χ0n) is 19.7. The largest absolute Gasteiger partial charge is 0.356 e. The highest BCUT2D eigenvalue weighted by atomic mass is 79.9. The minimum atomic E-state index is 0.725. The molecule has 0 amide bonds. The lowest BCUT2D eigenvalue weighted by Crippen LogP contribution is -2.42. The Morgan fingerprint density at radius 1 is 0.688 bits per heavy atom. The normalized spacial score (nSPS) is 18.1. The van der Waals surface area contributed by atoms with E-state index in [0.717, 1.165) is 58.8 Å². The van der Waals surface area contributed by atoms with Crippen molar-refractivity contribution in [2.24, 2.45) is 0 Å². The minimum absolute atomic E-state index is 0.725. The van der Waals surface area contributed by atoms with Gasteiger partial charge in [-0.2, -0.15) is 0 Å². The van der Waals surface area contributed by atoms with Crippen molar-refractivity contribution >= 4 is 43.5 Å². The number of halogens is 2. The van der Waals surface area contributed by atoms with Gasteiger partial charge in [-0.25, -0.2) is 9.97 Å². The van der Waals surface area contributed by atoms with Gasteiger partial charge in [0.1, 0.15) is 11.6 Å². The Bertz CT molecular complexity index is 761. The zero-order valence-corrected chi connectivity index (χ0v) is 22.9. The van der Waals surface area contributed by atoms with Gasteiger partial charge in [0.05, 0.1) is 0 Å². The van der Waals surface area contributed by atoms with Crippen LogP contribution in [0.5, 0.6) is 0 Å². The lowest BCUT2D eigenvalue weighted by atomic mass is 10.0. The predicted molar refractivity (Wildman–Crippen MR) is 142 cm³/mol. The molecule has 32 heavy (non-hydrogen) atoms. The van der Waals surface area contributed by atoms with Crippen LogP contribution >= 0.6 is 31.9 Å². The number of hydrogen-bond donors (Lipinski definition) is 0. The maximum Gasteiger partial charge on any atom is 0.129 e. The summed E-state index contributed by atoms with van der Waals surface area (Å²) < 4.78 is 2.21. The summed E-state index contributed by atoms with van der Waals surface area (Å²) in [7, 11) is 8.66. The van der Waals surface area contributed by atoms with Crippen molar-refractivity contribution in [1.29, 1.82) is 0 Å². The van der Waals surface area contributed by atoms with Crippen LogP contribution in [0.3, 0.4) is 0 Å². The van der Waals surface area contributed by atoms with Crippen molar-refractivity contribution in [1.82, 2.24) is 19.8 Å². The fourth-order valence-corrected chi connectivity index (χ4v) is 5.00. The number of rotatable bonds is 4. The maximum absolute atomic E-state index is 4.42. The first kappa shape index (κ1) is 25.4. The second-order valence-corrected chi connectivity index (χ2v) is 10.9. The molecule has 0 unspecified atom stereocenters. The van der Waals surface area contributed by atoms with Crippen molar-refractivity contribution in [3.63, 3.8) is 0 Å². The lowest BCUT2D eigenvalue weighted by Gasteiger charge is -2.35. The third-order valence-electron chi connectivity index (χ3n) is 6.45. The first-order valence-corrected chi connectivity index (χ1v) is 13.0. The van der Waals surface area contributed by atoms with E-state index in [2.05, 4.69) is 102 Å². The summed E-state index contributed by atoms with van der Waals surface area (Å²) in [6, 6.07) is 9.57. The van der Waals surface area contributed by atoms with Gasteiger partial charge in [0.15, 0.2) is 0 Å². The molecule has 8 heteroatoms. The molecular formula is C24H36Br2N6. The van der Waals surface area contributed by atoms with Gasteiger partial charge in [-0.1, -0.05) is 31.9 Å². The number of piperidine rings is 2. The van der Waals surface area contributed by atoms with E-state index in [9.17, 15) is 0 Å². The summed E-state index contributed by atoms with van der Waals surface area (Å²) >= 11 is 6.98. The Labute approximate surface area is 210 Å². The molecule has 0 spiro atoms. The molecule has 0 aliphatic carbocycles. The van der Waals surface area contributed by atoms with Gasteiger partial charge in [0, 0.05) is 59.6 Å². The monoisotopic (exact) mass is 566 g/mol. The topological polar surface area (TPSA) is 38.7 Å². The van der Waals surface area contributed by atoms with Crippen molar-refractivity contribution in [3.05, 3.63) is 45.6 Å². The van der Waals surface area contributed by atoms with Gasteiger partial charge in [0.25, 0.3) is 0 Å². The van der Waals surface area contributed by atoms with Crippen LogP contribution in [0.15, 0.2) is 45.6 Å². The molecule has 176 valence electrons. The fraction of sp³-hybridized carbons (Fsp3) is 0.583. The second kappa shape index (κ2) is 12.3. The number of pyridine rings is 2. The average molecular weight is 568 g/mol. The zero-order chi connectivity index (χ0) is 23.1. The molecule has 0 radical (unpaired) electrons. The molecular weight excluding hydrogens is 532 g/mol. The van der Waals surface area contributed by atoms with E-state index < -0.39 is 0 Å². The molecule has 2 aromatic heterocycles. The van der Waals surface area contributed by atoms with Crippen LogP contribution in [0.4, 0.5) is 11.6 Å². The van der Waals surface area contributed by atoms with E-state index in [4.69, 9.17) is 0 Å². The Morgan fingerprint density at radius 3 is 1.31 bits per heavy atom. The van der Waals surface area contributed by atoms with Gasteiger partial charge in [-0.05, 0) is 78.1 Å². The molecule has 0 aromatic carbocycles. The average Bonchev–Trinajstić information content (AvgIpc) is 2.80. The standard InChI is InChI=1S/2C12H18BrN3/c2*1-15(2)11-4-7-16(8-5-11)12-9-10(13)3-6-14-12/h2*3,6,9,11H,4-5,7-8H2,1-2H3. The molecule has 2 aliphatic heterocycles. The molecule has 2 fully saturated rings. The van der Waals surface area contributed by atoms with Gasteiger partial charge < -0.3 is 19.6 Å². The number of anilines is 2. The van der Waals surface area contributed by atoms with Crippen LogP contribution in [-0.4, -0.2) is 86.2 Å². The molecule has 0 atom stereocenters. The highest BCUT2D eigenvalue weighted by Gasteiger charge is 2.22. The summed E-state index contributed by atoms with van der Waals surface area (Å²) in [5.41, 5.74) is 0. The molecule has 0 N–H and O–H groups in total. The highest BCUT2D eigenvalue weighted by Crippen LogP contribution is 2.23. The van der Waals surface area contributed by atoms with Crippen LogP contribution in [0.1, 0.15) is 25.7 Å². The molecule has 2 saturated heterocycles. The summed E-state index contributed by atoms with van der Waals surface area (Å²) in [6.07, 6.45) is 8.61. The van der Waals surface area contributed by atoms with E-state index in [-0.39, 0.29) is 0 Å². The molecule has 4 heterocycles.